The van der Waals surface area contributed by atoms with Crippen molar-refractivity contribution in [3.05, 3.63) is 17.8 Å². The number of hydrogen-bond donors (Lipinski definition) is 2. The van der Waals surface area contributed by atoms with Crippen LogP contribution in [0.2, 0.25) is 0 Å². The molecule has 0 saturated heterocycles. The Kier molecular flexibility index (Phi) is 2.83. The molecule has 1 aromatic rings. The van der Waals surface area contributed by atoms with E-state index in [2.05, 4.69) is 4.98 Å². The number of nitrogens with zero attached hydrogens (tertiary/aromatic N) is 1. The Morgan fingerprint density at radius 1 is 1.47 bits per heavy atom. The van der Waals surface area contributed by atoms with Gasteiger partial charge in [-0.3, -0.25) is 0 Å². The van der Waals surface area contributed by atoms with Gasteiger partial charge in [0.2, 0.25) is 5.88 Å². The lowest BCUT2D eigenvalue weighted by Crippen LogP contribution is -2.24. The summed E-state index contributed by atoms with van der Waals surface area (Å²) in [5, 5.41) is 8.74. The standard InChI is InChI=1S/C10H14N2O3/c1-10(2,3)15-8-6(11)4-5-7(12-8)9(13)14/h4-5H,11H2,1-3H3,(H,13,14). The lowest BCUT2D eigenvalue weighted by atomic mass is 10.2. The quantitative estimate of drug-likeness (QED) is 0.773. The number of rotatable bonds is 2. The molecule has 82 valence electrons. The summed E-state index contributed by atoms with van der Waals surface area (Å²) in [5.74, 6) is -0.948. The molecule has 3 N–H and O–H groups in total. The van der Waals surface area contributed by atoms with E-state index in [4.69, 9.17) is 15.6 Å². The summed E-state index contributed by atoms with van der Waals surface area (Å²) in [6.45, 7) is 5.50. The number of carboxylic acid groups (broad SMARTS) is 1. The second-order valence-corrected chi connectivity index (χ2v) is 4.11. The molecule has 0 unspecified atom stereocenters. The van der Waals surface area contributed by atoms with Crippen LogP contribution in [0, 0.1) is 0 Å². The van der Waals surface area contributed by atoms with Gasteiger partial charge in [-0.25, -0.2) is 9.78 Å². The van der Waals surface area contributed by atoms with Gasteiger partial charge in [-0.2, -0.15) is 0 Å². The Labute approximate surface area is 87.9 Å². The van der Waals surface area contributed by atoms with Gasteiger partial charge in [-0.15, -0.1) is 0 Å². The number of anilines is 1. The Bertz CT molecular complexity index is 383. The van der Waals surface area contributed by atoms with E-state index in [1.54, 1.807) is 0 Å². The molecule has 15 heavy (non-hydrogen) atoms. The summed E-state index contributed by atoms with van der Waals surface area (Å²) < 4.78 is 5.42. The topological polar surface area (TPSA) is 85.4 Å². The SMILES string of the molecule is CC(C)(C)Oc1nc(C(=O)O)ccc1N. The fourth-order valence-corrected chi connectivity index (χ4v) is 0.942. The minimum atomic E-state index is -1.10. The molecule has 0 aromatic carbocycles. The largest absolute Gasteiger partial charge is 0.477 e. The molecule has 0 saturated carbocycles. The highest BCUT2D eigenvalue weighted by molar-refractivity contribution is 5.86. The number of aromatic nitrogens is 1. The molecular formula is C10H14N2O3. The predicted molar refractivity (Wildman–Crippen MR) is 56.0 cm³/mol. The zero-order valence-electron chi connectivity index (χ0n) is 8.94. The van der Waals surface area contributed by atoms with Crippen LogP contribution >= 0.6 is 0 Å². The zero-order valence-corrected chi connectivity index (χ0v) is 8.94. The van der Waals surface area contributed by atoms with E-state index < -0.39 is 11.6 Å². The van der Waals surface area contributed by atoms with Crippen LogP contribution in [0.25, 0.3) is 0 Å². The number of carboxylic acids is 1. The molecule has 0 radical (unpaired) electrons. The van der Waals surface area contributed by atoms with Gasteiger partial charge in [0.25, 0.3) is 0 Å². The smallest absolute Gasteiger partial charge is 0.354 e. The van der Waals surface area contributed by atoms with E-state index in [1.165, 1.54) is 12.1 Å². The predicted octanol–water partition coefficient (Wildman–Crippen LogP) is 1.54. The highest BCUT2D eigenvalue weighted by Gasteiger charge is 2.16. The minimum Gasteiger partial charge on any atom is -0.477 e. The van der Waals surface area contributed by atoms with Crippen LogP contribution in [0.3, 0.4) is 0 Å². The van der Waals surface area contributed by atoms with Gasteiger partial charge >= 0.3 is 5.97 Å². The molecule has 0 aliphatic carbocycles. The summed E-state index contributed by atoms with van der Waals surface area (Å²) in [7, 11) is 0. The van der Waals surface area contributed by atoms with Crippen LogP contribution in [0.4, 0.5) is 5.69 Å². The van der Waals surface area contributed by atoms with Crippen molar-refractivity contribution in [3.63, 3.8) is 0 Å². The molecule has 5 heteroatoms. The van der Waals surface area contributed by atoms with Gasteiger partial charge in [0.1, 0.15) is 5.60 Å². The summed E-state index contributed by atoms with van der Waals surface area (Å²) in [5.41, 5.74) is 5.40. The number of pyridine rings is 1. The van der Waals surface area contributed by atoms with Crippen molar-refractivity contribution < 1.29 is 14.6 Å². The van der Waals surface area contributed by atoms with Gasteiger partial charge in [0.05, 0.1) is 5.69 Å². The second-order valence-electron chi connectivity index (χ2n) is 4.11. The van der Waals surface area contributed by atoms with Gasteiger partial charge < -0.3 is 15.6 Å². The Balaban J connectivity index is 3.06. The maximum Gasteiger partial charge on any atom is 0.354 e. The fraction of sp³-hybridized carbons (Fsp3) is 0.400. The van der Waals surface area contributed by atoms with Crippen LogP contribution < -0.4 is 10.5 Å². The molecule has 5 nitrogen and oxygen atoms in total. The first-order valence-electron chi connectivity index (χ1n) is 4.48. The van der Waals surface area contributed by atoms with E-state index >= 15 is 0 Å². The molecule has 1 aromatic heterocycles. The highest BCUT2D eigenvalue weighted by atomic mass is 16.5. The monoisotopic (exact) mass is 210 g/mol. The average molecular weight is 210 g/mol. The molecular weight excluding hydrogens is 196 g/mol. The van der Waals surface area contributed by atoms with Crippen molar-refractivity contribution in [1.82, 2.24) is 4.98 Å². The molecule has 0 amide bonds. The number of nitrogen functional groups attached to an aromatic ring is 1. The lowest BCUT2D eigenvalue weighted by molar-refractivity contribution is 0.0685. The zero-order chi connectivity index (χ0) is 11.6. The van der Waals surface area contributed by atoms with Crippen molar-refractivity contribution in [1.29, 1.82) is 0 Å². The van der Waals surface area contributed by atoms with Crippen molar-refractivity contribution in [2.24, 2.45) is 0 Å². The minimum absolute atomic E-state index is 0.0801. The van der Waals surface area contributed by atoms with Crippen LogP contribution in [0.1, 0.15) is 31.3 Å². The molecule has 0 atom stereocenters. The normalized spacial score (nSPS) is 11.1. The van der Waals surface area contributed by atoms with E-state index in [0.717, 1.165) is 0 Å². The third-order valence-electron chi connectivity index (χ3n) is 1.51. The van der Waals surface area contributed by atoms with E-state index in [1.807, 2.05) is 20.8 Å². The Hall–Kier alpha value is -1.78. The third kappa shape index (κ3) is 3.12. The number of ether oxygens (including phenoxy) is 1. The van der Waals surface area contributed by atoms with Gasteiger partial charge in [0, 0.05) is 0 Å². The van der Waals surface area contributed by atoms with Gasteiger partial charge in [-0.1, -0.05) is 0 Å². The number of nitrogens with two attached hydrogens (primary N) is 1. The second kappa shape index (κ2) is 3.76. The average Bonchev–Trinajstić information content (AvgIpc) is 2.06. The molecule has 0 aliphatic rings. The van der Waals surface area contributed by atoms with E-state index in [9.17, 15) is 4.79 Å². The summed E-state index contributed by atoms with van der Waals surface area (Å²) in [6.07, 6.45) is 0. The summed E-state index contributed by atoms with van der Waals surface area (Å²) in [6, 6.07) is 2.81. The molecule has 1 heterocycles. The maximum atomic E-state index is 10.7. The van der Waals surface area contributed by atoms with E-state index in [-0.39, 0.29) is 11.6 Å². The molecule has 0 aliphatic heterocycles. The highest BCUT2D eigenvalue weighted by Crippen LogP contribution is 2.23. The van der Waals surface area contributed by atoms with E-state index in [0.29, 0.717) is 5.69 Å². The van der Waals surface area contributed by atoms with Crippen LogP contribution in [0.5, 0.6) is 5.88 Å². The third-order valence-corrected chi connectivity index (χ3v) is 1.51. The van der Waals surface area contributed by atoms with Crippen LogP contribution in [-0.4, -0.2) is 21.7 Å². The first-order chi connectivity index (χ1) is 6.79. The lowest BCUT2D eigenvalue weighted by Gasteiger charge is -2.21. The van der Waals surface area contributed by atoms with Crippen LogP contribution in [0.15, 0.2) is 12.1 Å². The van der Waals surface area contributed by atoms with Crippen LogP contribution in [-0.2, 0) is 0 Å². The number of hydrogen-bond acceptors (Lipinski definition) is 4. The fourth-order valence-electron chi connectivity index (χ4n) is 0.942. The van der Waals surface area contributed by atoms with Crippen molar-refractivity contribution in [3.8, 4) is 5.88 Å². The van der Waals surface area contributed by atoms with Gasteiger partial charge in [-0.05, 0) is 32.9 Å². The van der Waals surface area contributed by atoms with Crippen molar-refractivity contribution in [2.75, 3.05) is 5.73 Å². The number of aromatic carboxylic acids is 1. The molecule has 0 bridgehead atoms. The van der Waals surface area contributed by atoms with Crippen molar-refractivity contribution >= 4 is 11.7 Å². The molecule has 0 fully saturated rings. The number of carbonyl (C=O) groups is 1. The first-order valence-corrected chi connectivity index (χ1v) is 4.48. The van der Waals surface area contributed by atoms with Crippen molar-refractivity contribution in [2.45, 2.75) is 26.4 Å². The first kappa shape index (κ1) is 11.3. The summed E-state index contributed by atoms with van der Waals surface area (Å²) in [4.78, 5) is 14.5. The van der Waals surface area contributed by atoms with Gasteiger partial charge in [0.15, 0.2) is 5.69 Å². The summed E-state index contributed by atoms with van der Waals surface area (Å²) >= 11 is 0. The maximum absolute atomic E-state index is 10.7. The molecule has 0 spiro atoms. The Morgan fingerprint density at radius 3 is 2.53 bits per heavy atom. The molecule has 1 rings (SSSR count). The Morgan fingerprint density at radius 2 is 2.07 bits per heavy atom.